The first-order valence-electron chi connectivity index (χ1n) is 7.99. The molecule has 0 atom stereocenters. The zero-order valence-corrected chi connectivity index (χ0v) is 16.0. The van der Waals surface area contributed by atoms with Crippen LogP contribution in [0, 0.1) is 0 Å². The van der Waals surface area contributed by atoms with Gasteiger partial charge < -0.3 is 14.2 Å². The zero-order valence-electron chi connectivity index (χ0n) is 14.5. The minimum absolute atomic E-state index is 0.278. The summed E-state index contributed by atoms with van der Waals surface area (Å²) >= 11 is 11.7. The number of amides is 2. The third kappa shape index (κ3) is 6.88. The lowest BCUT2D eigenvalue weighted by molar-refractivity contribution is -0.131. The number of carbonyl (C=O) groups excluding carboxylic acids is 2. The van der Waals surface area contributed by atoms with Gasteiger partial charge in [-0.3, -0.25) is 20.4 Å². The largest absolute Gasteiger partial charge is 0.490 e. The lowest BCUT2D eigenvalue weighted by atomic mass is 10.3. The first-order valence-corrected chi connectivity index (χ1v) is 8.75. The average molecular weight is 413 g/mol. The van der Waals surface area contributed by atoms with Crippen molar-refractivity contribution in [2.75, 3.05) is 19.8 Å². The second-order valence-corrected chi connectivity index (χ2v) is 5.97. The van der Waals surface area contributed by atoms with E-state index in [9.17, 15) is 9.59 Å². The summed E-state index contributed by atoms with van der Waals surface area (Å²) in [5.74, 6) is 0.160. The molecule has 0 aromatic heterocycles. The molecular weight excluding hydrogens is 395 g/mol. The molecule has 2 N–H and O–H groups in total. The van der Waals surface area contributed by atoms with Crippen molar-refractivity contribution in [2.24, 2.45) is 0 Å². The van der Waals surface area contributed by atoms with E-state index in [1.807, 2.05) is 6.92 Å². The molecule has 0 unspecified atom stereocenters. The lowest BCUT2D eigenvalue weighted by Crippen LogP contribution is -2.45. The molecule has 2 aromatic carbocycles. The highest BCUT2D eigenvalue weighted by Crippen LogP contribution is 2.27. The van der Waals surface area contributed by atoms with E-state index >= 15 is 0 Å². The fourth-order valence-corrected chi connectivity index (χ4v) is 2.40. The van der Waals surface area contributed by atoms with Crippen LogP contribution in [0.3, 0.4) is 0 Å². The van der Waals surface area contributed by atoms with Crippen LogP contribution in [0.1, 0.15) is 6.92 Å². The van der Waals surface area contributed by atoms with Gasteiger partial charge in [-0.25, -0.2) is 0 Å². The maximum absolute atomic E-state index is 11.8. The molecule has 0 aliphatic rings. The van der Waals surface area contributed by atoms with E-state index in [1.165, 1.54) is 6.07 Å². The topological polar surface area (TPSA) is 85.9 Å². The molecule has 2 aromatic rings. The van der Waals surface area contributed by atoms with Crippen LogP contribution in [0.25, 0.3) is 0 Å². The predicted molar refractivity (Wildman–Crippen MR) is 101 cm³/mol. The summed E-state index contributed by atoms with van der Waals surface area (Å²) in [6.45, 7) is 1.68. The first-order chi connectivity index (χ1) is 13.0. The summed E-state index contributed by atoms with van der Waals surface area (Å²) < 4.78 is 16.0. The normalized spacial score (nSPS) is 10.0. The van der Waals surface area contributed by atoms with Gasteiger partial charge in [0, 0.05) is 5.02 Å². The molecule has 27 heavy (non-hydrogen) atoms. The molecular formula is C18H18Cl2N2O5. The van der Waals surface area contributed by atoms with Crippen LogP contribution < -0.4 is 25.1 Å². The second-order valence-electron chi connectivity index (χ2n) is 5.13. The van der Waals surface area contributed by atoms with Gasteiger partial charge in [0.15, 0.2) is 24.7 Å². The second kappa shape index (κ2) is 10.5. The fraction of sp³-hybridized carbons (Fsp3) is 0.222. The van der Waals surface area contributed by atoms with Crippen molar-refractivity contribution in [2.45, 2.75) is 6.92 Å². The SMILES string of the molecule is CCOc1ccccc1OCC(=O)NNC(=O)COc1ccc(Cl)cc1Cl. The molecule has 2 amide bonds. The molecule has 0 spiro atoms. The highest BCUT2D eigenvalue weighted by molar-refractivity contribution is 6.35. The Kier molecular flexibility index (Phi) is 8.03. The zero-order chi connectivity index (χ0) is 19.6. The third-order valence-electron chi connectivity index (χ3n) is 3.10. The van der Waals surface area contributed by atoms with Crippen molar-refractivity contribution in [1.82, 2.24) is 10.9 Å². The molecule has 0 aliphatic carbocycles. The number of hydrogen-bond donors (Lipinski definition) is 2. The molecule has 0 heterocycles. The maximum atomic E-state index is 11.8. The number of hydrogen-bond acceptors (Lipinski definition) is 5. The Morgan fingerprint density at radius 1 is 0.852 bits per heavy atom. The molecule has 0 bridgehead atoms. The van der Waals surface area contributed by atoms with E-state index in [-0.39, 0.29) is 18.2 Å². The van der Waals surface area contributed by atoms with E-state index in [1.54, 1.807) is 36.4 Å². The van der Waals surface area contributed by atoms with Crippen LogP contribution in [0.15, 0.2) is 42.5 Å². The Labute approximate surface area is 166 Å². The highest BCUT2D eigenvalue weighted by atomic mass is 35.5. The van der Waals surface area contributed by atoms with Crippen molar-refractivity contribution >= 4 is 35.0 Å². The summed E-state index contributed by atoms with van der Waals surface area (Å²) in [6.07, 6.45) is 0. The third-order valence-corrected chi connectivity index (χ3v) is 3.63. The summed E-state index contributed by atoms with van der Waals surface area (Å²) in [5.41, 5.74) is 4.44. The van der Waals surface area contributed by atoms with E-state index in [2.05, 4.69) is 10.9 Å². The molecule has 0 aliphatic heterocycles. The van der Waals surface area contributed by atoms with Gasteiger partial charge in [-0.2, -0.15) is 0 Å². The fourth-order valence-electron chi connectivity index (χ4n) is 1.93. The van der Waals surface area contributed by atoms with Crippen LogP contribution in [0.4, 0.5) is 0 Å². The molecule has 0 radical (unpaired) electrons. The number of para-hydroxylation sites is 2. The lowest BCUT2D eigenvalue weighted by Gasteiger charge is -2.12. The molecule has 0 saturated carbocycles. The number of benzene rings is 2. The van der Waals surface area contributed by atoms with Crippen LogP contribution in [0.2, 0.25) is 10.0 Å². The monoisotopic (exact) mass is 412 g/mol. The highest BCUT2D eigenvalue weighted by Gasteiger charge is 2.10. The number of ether oxygens (including phenoxy) is 3. The van der Waals surface area contributed by atoms with Crippen molar-refractivity contribution in [1.29, 1.82) is 0 Å². The number of carbonyl (C=O) groups is 2. The standard InChI is InChI=1S/C18H18Cl2N2O5/c1-2-25-15-5-3-4-6-16(15)27-11-18(24)22-21-17(23)10-26-14-8-7-12(19)9-13(14)20/h3-9H,2,10-11H2,1H3,(H,21,23)(H,22,24). The van der Waals surface area contributed by atoms with Gasteiger partial charge in [-0.1, -0.05) is 35.3 Å². The van der Waals surface area contributed by atoms with Crippen molar-refractivity contribution in [3.8, 4) is 17.2 Å². The van der Waals surface area contributed by atoms with Gasteiger partial charge in [0.05, 0.1) is 11.6 Å². The number of halogens is 2. The molecule has 2 rings (SSSR count). The van der Waals surface area contributed by atoms with E-state index in [4.69, 9.17) is 37.4 Å². The van der Waals surface area contributed by atoms with Crippen LogP contribution in [0.5, 0.6) is 17.2 Å². The Bertz CT molecular complexity index is 801. The first kappa shape index (κ1) is 20.7. The quantitative estimate of drug-likeness (QED) is 0.650. The summed E-state index contributed by atoms with van der Waals surface area (Å²) in [7, 11) is 0. The van der Waals surface area contributed by atoms with Gasteiger partial charge in [0.2, 0.25) is 0 Å². The van der Waals surface area contributed by atoms with E-state index in [0.717, 1.165) is 0 Å². The van der Waals surface area contributed by atoms with Gasteiger partial charge in [-0.05, 0) is 37.3 Å². The van der Waals surface area contributed by atoms with Gasteiger partial charge >= 0.3 is 0 Å². The molecule has 144 valence electrons. The minimum Gasteiger partial charge on any atom is -0.490 e. The molecule has 0 fully saturated rings. The van der Waals surface area contributed by atoms with Gasteiger partial charge in [-0.15, -0.1) is 0 Å². The Hall–Kier alpha value is -2.64. The number of hydrazine groups is 1. The van der Waals surface area contributed by atoms with E-state index < -0.39 is 11.8 Å². The minimum atomic E-state index is -0.566. The smallest absolute Gasteiger partial charge is 0.276 e. The summed E-state index contributed by atoms with van der Waals surface area (Å²) in [5, 5.41) is 0.732. The van der Waals surface area contributed by atoms with Crippen LogP contribution in [-0.2, 0) is 9.59 Å². The van der Waals surface area contributed by atoms with Crippen molar-refractivity contribution < 1.29 is 23.8 Å². The Morgan fingerprint density at radius 3 is 1.96 bits per heavy atom. The van der Waals surface area contributed by atoms with Crippen LogP contribution in [-0.4, -0.2) is 31.6 Å². The molecule has 9 heteroatoms. The number of rotatable bonds is 8. The maximum Gasteiger partial charge on any atom is 0.276 e. The van der Waals surface area contributed by atoms with Gasteiger partial charge in [0.25, 0.3) is 11.8 Å². The van der Waals surface area contributed by atoms with Gasteiger partial charge in [0.1, 0.15) is 5.75 Å². The molecule has 0 saturated heterocycles. The Balaban J connectivity index is 1.73. The summed E-state index contributed by atoms with van der Waals surface area (Å²) in [6, 6.07) is 11.6. The number of nitrogens with one attached hydrogen (secondary N) is 2. The van der Waals surface area contributed by atoms with Crippen LogP contribution >= 0.6 is 23.2 Å². The summed E-state index contributed by atoms with van der Waals surface area (Å²) in [4.78, 5) is 23.5. The van der Waals surface area contributed by atoms with Crippen molar-refractivity contribution in [3.63, 3.8) is 0 Å². The molecule has 7 nitrogen and oxygen atoms in total. The average Bonchev–Trinajstić information content (AvgIpc) is 2.65. The Morgan fingerprint density at radius 2 is 1.41 bits per heavy atom. The van der Waals surface area contributed by atoms with Crippen molar-refractivity contribution in [3.05, 3.63) is 52.5 Å². The van der Waals surface area contributed by atoms with E-state index in [0.29, 0.717) is 28.9 Å². The predicted octanol–water partition coefficient (Wildman–Crippen LogP) is 3.00.